The van der Waals surface area contributed by atoms with Gasteiger partial charge in [0.2, 0.25) is 0 Å². The highest BCUT2D eigenvalue weighted by Gasteiger charge is 2.15. The van der Waals surface area contributed by atoms with Crippen molar-refractivity contribution < 1.29 is 9.47 Å². The van der Waals surface area contributed by atoms with Gasteiger partial charge in [-0.3, -0.25) is 0 Å². The van der Waals surface area contributed by atoms with E-state index in [1.54, 1.807) is 7.11 Å². The molecule has 1 unspecified atom stereocenters. The van der Waals surface area contributed by atoms with Crippen molar-refractivity contribution in [2.75, 3.05) is 20.3 Å². The monoisotopic (exact) mass is 295 g/mol. The molecule has 2 aromatic carbocycles. The van der Waals surface area contributed by atoms with Crippen LogP contribution in [-0.2, 0) is 0 Å². The van der Waals surface area contributed by atoms with Gasteiger partial charge >= 0.3 is 0 Å². The molecule has 1 atom stereocenters. The summed E-state index contributed by atoms with van der Waals surface area (Å²) >= 11 is 0. The Bertz CT molecular complexity index is 664. The molecule has 114 valence electrons. The summed E-state index contributed by atoms with van der Waals surface area (Å²) in [6, 6.07) is 16.7. The third-order valence-corrected chi connectivity index (χ3v) is 4.00. The Balaban J connectivity index is 1.73. The summed E-state index contributed by atoms with van der Waals surface area (Å²) in [4.78, 5) is 0. The maximum Gasteiger partial charge on any atom is 0.127 e. The molecule has 1 aliphatic heterocycles. The first-order valence-corrected chi connectivity index (χ1v) is 7.56. The minimum absolute atomic E-state index is 0.305. The third kappa shape index (κ3) is 3.15. The van der Waals surface area contributed by atoms with Gasteiger partial charge in [0, 0.05) is 18.2 Å². The van der Waals surface area contributed by atoms with Crippen LogP contribution in [0.2, 0.25) is 0 Å². The van der Waals surface area contributed by atoms with Crippen LogP contribution in [0, 0.1) is 0 Å². The van der Waals surface area contributed by atoms with E-state index in [1.165, 1.54) is 11.1 Å². The average Bonchev–Trinajstić information content (AvgIpc) is 2.59. The van der Waals surface area contributed by atoms with Gasteiger partial charge in [0.1, 0.15) is 18.1 Å². The molecular weight excluding hydrogens is 274 g/mol. The molecule has 0 saturated carbocycles. The van der Waals surface area contributed by atoms with Gasteiger partial charge in [-0.05, 0) is 42.3 Å². The van der Waals surface area contributed by atoms with Crippen molar-refractivity contribution in [2.24, 2.45) is 0 Å². The van der Waals surface area contributed by atoms with E-state index < -0.39 is 0 Å². The second kappa shape index (κ2) is 6.67. The lowest BCUT2D eigenvalue weighted by molar-refractivity contribution is 0.354. The van der Waals surface area contributed by atoms with Crippen molar-refractivity contribution in [1.82, 2.24) is 5.32 Å². The summed E-state index contributed by atoms with van der Waals surface area (Å²) in [5.74, 6) is 1.78. The molecule has 0 aliphatic carbocycles. The fraction of sp³-hybridized carbons (Fsp3) is 0.263. The minimum Gasteiger partial charge on any atom is -0.497 e. The number of methoxy groups -OCH3 is 1. The minimum atomic E-state index is 0.305. The Morgan fingerprint density at radius 3 is 2.77 bits per heavy atom. The molecule has 0 fully saturated rings. The third-order valence-electron chi connectivity index (χ3n) is 4.00. The van der Waals surface area contributed by atoms with Crippen LogP contribution in [0.5, 0.6) is 11.5 Å². The number of benzene rings is 2. The van der Waals surface area contributed by atoms with Gasteiger partial charge in [-0.15, -0.1) is 0 Å². The zero-order valence-corrected chi connectivity index (χ0v) is 13.0. The van der Waals surface area contributed by atoms with Gasteiger partial charge in [-0.25, -0.2) is 0 Å². The number of fused-ring (bicyclic) bond motifs is 1. The van der Waals surface area contributed by atoms with Crippen molar-refractivity contribution in [3.8, 4) is 11.5 Å². The maximum absolute atomic E-state index is 5.68. The molecule has 1 heterocycles. The Labute approximate surface area is 131 Å². The second-order valence-electron chi connectivity index (χ2n) is 5.42. The van der Waals surface area contributed by atoms with E-state index in [9.17, 15) is 0 Å². The largest absolute Gasteiger partial charge is 0.497 e. The molecule has 3 nitrogen and oxygen atoms in total. The standard InChI is InChI=1S/C19H21NO2/c1-14(15-6-4-3-5-7-15)20-13-16-10-11-22-19-9-8-17(21-2)12-18(16)19/h3-10,12,14,20H,11,13H2,1-2H3. The van der Waals surface area contributed by atoms with Gasteiger partial charge in [-0.2, -0.15) is 0 Å². The molecule has 3 rings (SSSR count). The van der Waals surface area contributed by atoms with Crippen molar-refractivity contribution in [2.45, 2.75) is 13.0 Å². The zero-order chi connectivity index (χ0) is 15.4. The lowest BCUT2D eigenvalue weighted by atomic mass is 10.0. The highest BCUT2D eigenvalue weighted by atomic mass is 16.5. The van der Waals surface area contributed by atoms with E-state index in [0.717, 1.165) is 23.6 Å². The molecular formula is C19H21NO2. The maximum atomic E-state index is 5.68. The number of nitrogens with one attached hydrogen (secondary N) is 1. The van der Waals surface area contributed by atoms with E-state index in [0.29, 0.717) is 12.6 Å². The van der Waals surface area contributed by atoms with Gasteiger partial charge < -0.3 is 14.8 Å². The summed E-state index contributed by atoms with van der Waals surface area (Å²) in [6.45, 7) is 3.61. The van der Waals surface area contributed by atoms with Crippen molar-refractivity contribution >= 4 is 5.57 Å². The smallest absolute Gasteiger partial charge is 0.127 e. The lowest BCUT2D eigenvalue weighted by Crippen LogP contribution is -2.22. The molecule has 0 radical (unpaired) electrons. The first kappa shape index (κ1) is 14.7. The Kier molecular flexibility index (Phi) is 4.45. The summed E-state index contributed by atoms with van der Waals surface area (Å²) in [6.07, 6.45) is 2.13. The van der Waals surface area contributed by atoms with E-state index in [4.69, 9.17) is 9.47 Å². The van der Waals surface area contributed by atoms with Gasteiger partial charge in [-0.1, -0.05) is 30.3 Å². The van der Waals surface area contributed by atoms with Gasteiger partial charge in [0.05, 0.1) is 7.11 Å². The zero-order valence-electron chi connectivity index (χ0n) is 13.0. The number of ether oxygens (including phenoxy) is 2. The summed E-state index contributed by atoms with van der Waals surface area (Å²) in [7, 11) is 1.69. The Morgan fingerprint density at radius 2 is 2.00 bits per heavy atom. The van der Waals surface area contributed by atoms with Crippen LogP contribution in [0.3, 0.4) is 0 Å². The molecule has 0 saturated heterocycles. The number of rotatable bonds is 5. The molecule has 1 N–H and O–H groups in total. The quantitative estimate of drug-likeness (QED) is 0.909. The van der Waals surface area contributed by atoms with Crippen molar-refractivity contribution in [3.63, 3.8) is 0 Å². The predicted octanol–water partition coefficient (Wildman–Crippen LogP) is 3.82. The van der Waals surface area contributed by atoms with E-state index in [2.05, 4.69) is 42.6 Å². The Hall–Kier alpha value is -2.26. The lowest BCUT2D eigenvalue weighted by Gasteiger charge is -2.22. The van der Waals surface area contributed by atoms with Crippen LogP contribution in [0.25, 0.3) is 5.57 Å². The molecule has 2 aromatic rings. The summed E-state index contributed by atoms with van der Waals surface area (Å²) in [5.41, 5.74) is 3.65. The molecule has 1 aliphatic rings. The SMILES string of the molecule is COc1ccc2c(c1)C(CNC(C)c1ccccc1)=CCO2. The molecule has 3 heteroatoms. The van der Waals surface area contributed by atoms with E-state index in [-0.39, 0.29) is 0 Å². The fourth-order valence-electron chi connectivity index (χ4n) is 2.64. The molecule has 0 bridgehead atoms. The number of hydrogen-bond acceptors (Lipinski definition) is 3. The molecule has 0 amide bonds. The van der Waals surface area contributed by atoms with Crippen LogP contribution < -0.4 is 14.8 Å². The fourth-order valence-corrected chi connectivity index (χ4v) is 2.64. The molecule has 0 spiro atoms. The van der Waals surface area contributed by atoms with Crippen molar-refractivity contribution in [1.29, 1.82) is 0 Å². The van der Waals surface area contributed by atoms with E-state index in [1.807, 2.05) is 24.3 Å². The van der Waals surface area contributed by atoms with Gasteiger partial charge in [0.25, 0.3) is 0 Å². The summed E-state index contributed by atoms with van der Waals surface area (Å²) < 4.78 is 11.0. The van der Waals surface area contributed by atoms with Crippen LogP contribution in [-0.4, -0.2) is 20.3 Å². The second-order valence-corrected chi connectivity index (χ2v) is 5.42. The Morgan fingerprint density at radius 1 is 1.18 bits per heavy atom. The van der Waals surface area contributed by atoms with Crippen molar-refractivity contribution in [3.05, 3.63) is 65.7 Å². The molecule has 0 aromatic heterocycles. The van der Waals surface area contributed by atoms with Crippen LogP contribution in [0.1, 0.15) is 24.1 Å². The van der Waals surface area contributed by atoms with Crippen LogP contribution in [0.15, 0.2) is 54.6 Å². The topological polar surface area (TPSA) is 30.5 Å². The number of hydrogen-bond donors (Lipinski definition) is 1. The van der Waals surface area contributed by atoms with Crippen LogP contribution in [0.4, 0.5) is 0 Å². The van der Waals surface area contributed by atoms with Crippen LogP contribution >= 0.6 is 0 Å². The first-order valence-electron chi connectivity index (χ1n) is 7.56. The highest BCUT2D eigenvalue weighted by molar-refractivity contribution is 5.74. The normalized spacial score (nSPS) is 14.5. The highest BCUT2D eigenvalue weighted by Crippen LogP contribution is 2.33. The van der Waals surface area contributed by atoms with E-state index >= 15 is 0 Å². The van der Waals surface area contributed by atoms with Gasteiger partial charge in [0.15, 0.2) is 0 Å². The molecule has 22 heavy (non-hydrogen) atoms. The first-order chi connectivity index (χ1) is 10.8. The average molecular weight is 295 g/mol. The summed E-state index contributed by atoms with van der Waals surface area (Å²) in [5, 5.41) is 3.58. The predicted molar refractivity (Wildman–Crippen MR) is 89.3 cm³/mol.